The summed E-state index contributed by atoms with van der Waals surface area (Å²) in [5, 5.41) is 0.154. The van der Waals surface area contributed by atoms with Gasteiger partial charge >= 0.3 is 5.97 Å². The van der Waals surface area contributed by atoms with E-state index in [9.17, 15) is 18.0 Å². The maximum absolute atomic E-state index is 13.6. The first-order valence-corrected chi connectivity index (χ1v) is 6.29. The number of aromatic nitrogens is 1. The van der Waals surface area contributed by atoms with Crippen LogP contribution in [0.3, 0.4) is 0 Å². The van der Waals surface area contributed by atoms with Crippen LogP contribution in [-0.2, 0) is 21.3 Å². The SMILES string of the molecule is CCOC(=O)Cc1c(CBr)cc(C(F)F)nc1F. The Morgan fingerprint density at radius 3 is 2.72 bits per heavy atom. The third-order valence-corrected chi connectivity index (χ3v) is 2.78. The molecule has 1 rings (SSSR count). The molecule has 0 unspecified atom stereocenters. The van der Waals surface area contributed by atoms with Crippen LogP contribution in [0, 0.1) is 5.95 Å². The standard InChI is InChI=1S/C11H11BrF3NO2/c1-2-18-9(17)4-7-6(5-12)3-8(10(13)14)16-11(7)15/h3,10H,2,4-5H2,1H3. The molecule has 0 bridgehead atoms. The lowest BCUT2D eigenvalue weighted by Gasteiger charge is -2.10. The van der Waals surface area contributed by atoms with Crippen molar-refractivity contribution in [2.45, 2.75) is 25.1 Å². The molecule has 1 heterocycles. The minimum atomic E-state index is -2.85. The summed E-state index contributed by atoms with van der Waals surface area (Å²) in [5.74, 6) is -1.68. The van der Waals surface area contributed by atoms with E-state index >= 15 is 0 Å². The van der Waals surface area contributed by atoms with Crippen LogP contribution in [0.2, 0.25) is 0 Å². The van der Waals surface area contributed by atoms with E-state index in [1.165, 1.54) is 0 Å². The molecule has 0 aliphatic rings. The Labute approximate surface area is 110 Å². The lowest BCUT2D eigenvalue weighted by atomic mass is 10.1. The molecule has 18 heavy (non-hydrogen) atoms. The molecule has 0 saturated carbocycles. The minimum absolute atomic E-state index is 0.0188. The van der Waals surface area contributed by atoms with Crippen molar-refractivity contribution in [1.29, 1.82) is 0 Å². The van der Waals surface area contributed by atoms with Gasteiger partial charge in [-0.15, -0.1) is 0 Å². The van der Waals surface area contributed by atoms with E-state index in [0.29, 0.717) is 0 Å². The Balaban J connectivity index is 3.07. The maximum atomic E-state index is 13.6. The molecule has 0 aromatic carbocycles. The fourth-order valence-corrected chi connectivity index (χ4v) is 1.89. The van der Waals surface area contributed by atoms with Gasteiger partial charge < -0.3 is 4.74 Å². The van der Waals surface area contributed by atoms with Gasteiger partial charge in [0.1, 0.15) is 5.69 Å². The van der Waals surface area contributed by atoms with Gasteiger partial charge in [0.25, 0.3) is 6.43 Å². The van der Waals surface area contributed by atoms with Gasteiger partial charge in [-0.25, -0.2) is 13.8 Å². The van der Waals surface area contributed by atoms with Crippen molar-refractivity contribution in [3.8, 4) is 0 Å². The lowest BCUT2D eigenvalue weighted by molar-refractivity contribution is -0.142. The first-order chi connectivity index (χ1) is 8.49. The second kappa shape index (κ2) is 6.72. The zero-order chi connectivity index (χ0) is 13.7. The molecular weight excluding hydrogens is 315 g/mol. The molecular formula is C11H11BrF3NO2. The van der Waals surface area contributed by atoms with Crippen molar-refractivity contribution in [2.24, 2.45) is 0 Å². The van der Waals surface area contributed by atoms with Gasteiger partial charge in [0.05, 0.1) is 13.0 Å². The van der Waals surface area contributed by atoms with E-state index in [4.69, 9.17) is 0 Å². The molecule has 0 radical (unpaired) electrons. The van der Waals surface area contributed by atoms with Crippen LogP contribution in [-0.4, -0.2) is 17.6 Å². The molecule has 100 valence electrons. The van der Waals surface area contributed by atoms with E-state index in [0.717, 1.165) is 6.07 Å². The van der Waals surface area contributed by atoms with E-state index < -0.39 is 24.0 Å². The molecule has 0 amide bonds. The van der Waals surface area contributed by atoms with E-state index in [2.05, 4.69) is 25.7 Å². The highest BCUT2D eigenvalue weighted by molar-refractivity contribution is 9.08. The number of hydrogen-bond acceptors (Lipinski definition) is 3. The molecule has 0 spiro atoms. The predicted octanol–water partition coefficient (Wildman–Crippen LogP) is 3.16. The topological polar surface area (TPSA) is 39.2 Å². The zero-order valence-electron chi connectivity index (χ0n) is 9.55. The first kappa shape index (κ1) is 14.9. The summed E-state index contributed by atoms with van der Waals surface area (Å²) in [5.41, 5.74) is -0.393. The number of esters is 1. The fourth-order valence-electron chi connectivity index (χ4n) is 1.39. The van der Waals surface area contributed by atoms with Crippen LogP contribution in [0.4, 0.5) is 13.2 Å². The van der Waals surface area contributed by atoms with Crippen LogP contribution >= 0.6 is 15.9 Å². The molecule has 0 aliphatic carbocycles. The molecule has 0 aliphatic heterocycles. The summed E-state index contributed by atoms with van der Waals surface area (Å²) in [6, 6.07) is 1.08. The summed E-state index contributed by atoms with van der Waals surface area (Å²) < 4.78 is 43.2. The predicted molar refractivity (Wildman–Crippen MR) is 62.1 cm³/mol. The zero-order valence-corrected chi connectivity index (χ0v) is 11.1. The highest BCUT2D eigenvalue weighted by atomic mass is 79.9. The van der Waals surface area contributed by atoms with E-state index in [1.807, 2.05) is 0 Å². The quantitative estimate of drug-likeness (QED) is 0.474. The summed E-state index contributed by atoms with van der Waals surface area (Å²) >= 11 is 3.06. The maximum Gasteiger partial charge on any atom is 0.310 e. The first-order valence-electron chi connectivity index (χ1n) is 5.17. The molecule has 1 aromatic rings. The molecule has 0 saturated heterocycles. The van der Waals surface area contributed by atoms with E-state index in [1.54, 1.807) is 6.92 Å². The summed E-state index contributed by atoms with van der Waals surface area (Å²) in [7, 11) is 0. The number of nitrogens with zero attached hydrogens (tertiary/aromatic N) is 1. The van der Waals surface area contributed by atoms with Crippen molar-refractivity contribution in [2.75, 3.05) is 6.61 Å². The summed E-state index contributed by atoms with van der Waals surface area (Å²) in [6.07, 6.45) is -3.18. The van der Waals surface area contributed by atoms with Crippen molar-refractivity contribution in [3.63, 3.8) is 0 Å². The van der Waals surface area contributed by atoms with Crippen molar-refractivity contribution in [1.82, 2.24) is 4.98 Å². The average molecular weight is 326 g/mol. The Bertz CT molecular complexity index is 441. The van der Waals surface area contributed by atoms with Crippen LogP contribution in [0.1, 0.15) is 30.2 Å². The number of hydrogen-bond donors (Lipinski definition) is 0. The van der Waals surface area contributed by atoms with Crippen molar-refractivity contribution >= 4 is 21.9 Å². The second-order valence-corrected chi connectivity index (χ2v) is 3.95. The Kier molecular flexibility index (Phi) is 5.58. The van der Waals surface area contributed by atoms with Gasteiger partial charge in [-0.3, -0.25) is 4.79 Å². The van der Waals surface area contributed by atoms with Gasteiger partial charge in [-0.1, -0.05) is 15.9 Å². The average Bonchev–Trinajstić information content (AvgIpc) is 2.31. The van der Waals surface area contributed by atoms with Crippen LogP contribution in [0.25, 0.3) is 0 Å². The molecule has 0 atom stereocenters. The number of halogens is 4. The Hall–Kier alpha value is -1.11. The highest BCUT2D eigenvalue weighted by Gasteiger charge is 2.19. The molecule has 1 aromatic heterocycles. The third-order valence-electron chi connectivity index (χ3n) is 2.18. The van der Waals surface area contributed by atoms with Crippen molar-refractivity contribution in [3.05, 3.63) is 28.8 Å². The second-order valence-electron chi connectivity index (χ2n) is 3.39. The van der Waals surface area contributed by atoms with Crippen LogP contribution < -0.4 is 0 Å². The summed E-state index contributed by atoms with van der Waals surface area (Å²) in [6.45, 7) is 1.80. The molecule has 0 N–H and O–H groups in total. The largest absolute Gasteiger partial charge is 0.466 e. The fraction of sp³-hybridized carbons (Fsp3) is 0.455. The van der Waals surface area contributed by atoms with Gasteiger partial charge in [0.15, 0.2) is 0 Å². The number of carbonyl (C=O) groups excluding carboxylic acids is 1. The number of rotatable bonds is 5. The van der Waals surface area contributed by atoms with Crippen LogP contribution in [0.15, 0.2) is 6.07 Å². The number of alkyl halides is 3. The van der Waals surface area contributed by atoms with Crippen molar-refractivity contribution < 1.29 is 22.7 Å². The van der Waals surface area contributed by atoms with Gasteiger partial charge in [-0.2, -0.15) is 4.39 Å². The monoisotopic (exact) mass is 325 g/mol. The smallest absolute Gasteiger partial charge is 0.310 e. The molecule has 0 fully saturated rings. The molecule has 7 heteroatoms. The van der Waals surface area contributed by atoms with Crippen LogP contribution in [0.5, 0.6) is 0 Å². The highest BCUT2D eigenvalue weighted by Crippen LogP contribution is 2.23. The van der Waals surface area contributed by atoms with Gasteiger partial charge in [0.2, 0.25) is 5.95 Å². The normalized spacial score (nSPS) is 10.8. The molecule has 3 nitrogen and oxygen atoms in total. The number of ether oxygens (including phenoxy) is 1. The number of carbonyl (C=O) groups is 1. The minimum Gasteiger partial charge on any atom is -0.466 e. The Morgan fingerprint density at radius 1 is 1.56 bits per heavy atom. The summed E-state index contributed by atoms with van der Waals surface area (Å²) in [4.78, 5) is 14.4. The van der Waals surface area contributed by atoms with Gasteiger partial charge in [0, 0.05) is 10.9 Å². The number of pyridine rings is 1. The van der Waals surface area contributed by atoms with E-state index in [-0.39, 0.29) is 29.5 Å². The Morgan fingerprint density at radius 2 is 2.22 bits per heavy atom. The van der Waals surface area contributed by atoms with Gasteiger partial charge in [-0.05, 0) is 18.6 Å². The lowest BCUT2D eigenvalue weighted by Crippen LogP contribution is -2.12. The third kappa shape index (κ3) is 3.69.